The molecule has 1 unspecified atom stereocenters. The van der Waals surface area contributed by atoms with Gasteiger partial charge in [0.15, 0.2) is 0 Å². The number of carbonyl (C=O) groups excluding carboxylic acids is 1. The number of fused-ring (bicyclic) bond motifs is 1. The molecule has 26 heavy (non-hydrogen) atoms. The standard InChI is InChI=1S/C21H26N4O/c1-15(22)16-6-5-7-19(13-16)25-11-8-17-12-18(14-23-20(17)25)21(26)24-9-3-2-4-10-24/h7-8,11-15H,2-6,9-10,22H2,1H3. The molecule has 0 spiro atoms. The summed E-state index contributed by atoms with van der Waals surface area (Å²) in [5.74, 6) is 0.0999. The van der Waals surface area contributed by atoms with Crippen LogP contribution in [0.25, 0.3) is 16.7 Å². The number of rotatable bonds is 3. The molecule has 0 aromatic carbocycles. The zero-order valence-corrected chi connectivity index (χ0v) is 15.3. The highest BCUT2D eigenvalue weighted by molar-refractivity contribution is 5.97. The van der Waals surface area contributed by atoms with E-state index in [4.69, 9.17) is 5.73 Å². The Balaban J connectivity index is 1.64. The Morgan fingerprint density at radius 1 is 1.27 bits per heavy atom. The first-order valence-electron chi connectivity index (χ1n) is 9.56. The van der Waals surface area contributed by atoms with Crippen molar-refractivity contribution in [1.29, 1.82) is 0 Å². The number of amides is 1. The van der Waals surface area contributed by atoms with Crippen molar-refractivity contribution in [2.24, 2.45) is 5.73 Å². The smallest absolute Gasteiger partial charge is 0.255 e. The lowest BCUT2D eigenvalue weighted by Crippen LogP contribution is -2.35. The minimum absolute atomic E-state index is 0.0715. The summed E-state index contributed by atoms with van der Waals surface area (Å²) in [6.07, 6.45) is 13.6. The van der Waals surface area contributed by atoms with Crippen molar-refractivity contribution in [3.05, 3.63) is 47.8 Å². The maximum atomic E-state index is 12.7. The van der Waals surface area contributed by atoms with Crippen LogP contribution >= 0.6 is 0 Å². The molecule has 1 aliphatic heterocycles. The third-order valence-electron chi connectivity index (χ3n) is 5.40. The number of allylic oxidation sites excluding steroid dienone is 3. The molecular weight excluding hydrogens is 324 g/mol. The number of nitrogens with two attached hydrogens (primary N) is 1. The number of hydrogen-bond acceptors (Lipinski definition) is 3. The lowest BCUT2D eigenvalue weighted by atomic mass is 9.98. The van der Waals surface area contributed by atoms with Gasteiger partial charge in [0.2, 0.25) is 0 Å². The van der Waals surface area contributed by atoms with Gasteiger partial charge in [-0.15, -0.1) is 0 Å². The van der Waals surface area contributed by atoms with Crippen LogP contribution in [-0.2, 0) is 0 Å². The molecule has 136 valence electrons. The van der Waals surface area contributed by atoms with E-state index in [1.807, 2.05) is 30.2 Å². The summed E-state index contributed by atoms with van der Waals surface area (Å²) in [7, 11) is 0. The number of hydrogen-bond donors (Lipinski definition) is 1. The van der Waals surface area contributed by atoms with Gasteiger partial charge >= 0.3 is 0 Å². The lowest BCUT2D eigenvalue weighted by Gasteiger charge is -2.26. The molecule has 2 aliphatic rings. The summed E-state index contributed by atoms with van der Waals surface area (Å²) >= 11 is 0. The monoisotopic (exact) mass is 350 g/mol. The molecule has 5 heteroatoms. The van der Waals surface area contributed by atoms with Crippen LogP contribution in [0.15, 0.2) is 42.3 Å². The first kappa shape index (κ1) is 17.0. The molecule has 5 nitrogen and oxygen atoms in total. The second-order valence-corrected chi connectivity index (χ2v) is 7.35. The Labute approximate surface area is 154 Å². The summed E-state index contributed by atoms with van der Waals surface area (Å²) in [6, 6.07) is 4.07. The highest BCUT2D eigenvalue weighted by atomic mass is 16.2. The molecule has 2 aromatic heterocycles. The molecule has 0 saturated carbocycles. The molecule has 2 N–H and O–H groups in total. The highest BCUT2D eigenvalue weighted by Crippen LogP contribution is 2.26. The number of nitrogens with zero attached hydrogens (tertiary/aromatic N) is 3. The Kier molecular flexibility index (Phi) is 4.64. The average molecular weight is 350 g/mol. The summed E-state index contributed by atoms with van der Waals surface area (Å²) in [5, 5.41) is 0.995. The van der Waals surface area contributed by atoms with Crippen molar-refractivity contribution in [3.8, 4) is 0 Å². The molecule has 2 aromatic rings. The van der Waals surface area contributed by atoms with Crippen molar-refractivity contribution in [3.63, 3.8) is 0 Å². The summed E-state index contributed by atoms with van der Waals surface area (Å²) in [6.45, 7) is 3.74. The fourth-order valence-corrected chi connectivity index (χ4v) is 3.86. The van der Waals surface area contributed by atoms with Crippen molar-refractivity contribution >= 4 is 22.6 Å². The molecule has 1 saturated heterocycles. The SMILES string of the molecule is CC(N)C1=CC(n2ccc3cc(C(=O)N4CCCCC4)cnc32)=CCC1. The predicted octanol–water partition coefficient (Wildman–Crippen LogP) is 3.57. The number of pyridine rings is 1. The van der Waals surface area contributed by atoms with Gasteiger partial charge in [-0.2, -0.15) is 0 Å². The first-order chi connectivity index (χ1) is 12.6. The van der Waals surface area contributed by atoms with Crippen LogP contribution in [0.2, 0.25) is 0 Å². The van der Waals surface area contributed by atoms with Crippen LogP contribution in [0.4, 0.5) is 0 Å². The zero-order chi connectivity index (χ0) is 18.1. The number of aromatic nitrogens is 2. The number of piperidine rings is 1. The van der Waals surface area contributed by atoms with E-state index in [9.17, 15) is 4.79 Å². The van der Waals surface area contributed by atoms with Gasteiger partial charge < -0.3 is 15.2 Å². The van der Waals surface area contributed by atoms with Crippen LogP contribution in [0.1, 0.15) is 49.4 Å². The second kappa shape index (κ2) is 7.08. The van der Waals surface area contributed by atoms with E-state index in [1.165, 1.54) is 12.0 Å². The Hall–Kier alpha value is -2.40. The fraction of sp³-hybridized carbons (Fsp3) is 0.429. The lowest BCUT2D eigenvalue weighted by molar-refractivity contribution is 0.0724. The number of carbonyl (C=O) groups is 1. The van der Waals surface area contributed by atoms with Crippen LogP contribution in [0.3, 0.4) is 0 Å². The van der Waals surface area contributed by atoms with E-state index >= 15 is 0 Å². The normalized spacial score (nSPS) is 19.2. The van der Waals surface area contributed by atoms with E-state index in [-0.39, 0.29) is 11.9 Å². The molecule has 0 bridgehead atoms. The third-order valence-corrected chi connectivity index (χ3v) is 5.40. The Morgan fingerprint density at radius 3 is 2.85 bits per heavy atom. The van der Waals surface area contributed by atoms with E-state index in [0.29, 0.717) is 5.56 Å². The van der Waals surface area contributed by atoms with Crippen LogP contribution in [0.5, 0.6) is 0 Å². The largest absolute Gasteiger partial charge is 0.339 e. The summed E-state index contributed by atoms with van der Waals surface area (Å²) in [4.78, 5) is 19.3. The topological polar surface area (TPSA) is 64.2 Å². The maximum Gasteiger partial charge on any atom is 0.255 e. The van der Waals surface area contributed by atoms with Crippen molar-refractivity contribution in [1.82, 2.24) is 14.5 Å². The predicted molar refractivity (Wildman–Crippen MR) is 105 cm³/mol. The van der Waals surface area contributed by atoms with Gasteiger partial charge in [-0.05, 0) is 57.2 Å². The molecule has 0 radical (unpaired) electrons. The second-order valence-electron chi connectivity index (χ2n) is 7.35. The third kappa shape index (κ3) is 3.19. The van der Waals surface area contributed by atoms with Gasteiger partial charge in [0.05, 0.1) is 5.56 Å². The van der Waals surface area contributed by atoms with Crippen LogP contribution < -0.4 is 5.73 Å². The minimum atomic E-state index is 0.0715. The average Bonchev–Trinajstić information content (AvgIpc) is 3.11. The number of likely N-dealkylation sites (tertiary alicyclic amines) is 1. The Morgan fingerprint density at radius 2 is 2.08 bits per heavy atom. The van der Waals surface area contributed by atoms with Crippen molar-refractivity contribution in [2.75, 3.05) is 13.1 Å². The minimum Gasteiger partial charge on any atom is -0.339 e. The zero-order valence-electron chi connectivity index (χ0n) is 15.3. The van der Waals surface area contributed by atoms with Gasteiger partial charge in [-0.3, -0.25) is 4.79 Å². The van der Waals surface area contributed by atoms with E-state index in [0.717, 1.165) is 55.5 Å². The van der Waals surface area contributed by atoms with Gasteiger partial charge in [-0.25, -0.2) is 4.98 Å². The van der Waals surface area contributed by atoms with Crippen LogP contribution in [0, 0.1) is 0 Å². The van der Waals surface area contributed by atoms with E-state index < -0.39 is 0 Å². The van der Waals surface area contributed by atoms with Gasteiger partial charge in [0.25, 0.3) is 5.91 Å². The maximum absolute atomic E-state index is 12.7. The van der Waals surface area contributed by atoms with Crippen molar-refractivity contribution in [2.45, 2.75) is 45.1 Å². The molecule has 1 atom stereocenters. The van der Waals surface area contributed by atoms with E-state index in [1.54, 1.807) is 6.20 Å². The molecule has 1 amide bonds. The highest BCUT2D eigenvalue weighted by Gasteiger charge is 2.19. The van der Waals surface area contributed by atoms with Gasteiger partial charge in [0.1, 0.15) is 5.65 Å². The molecule has 4 rings (SSSR count). The van der Waals surface area contributed by atoms with Crippen LogP contribution in [-0.4, -0.2) is 39.5 Å². The van der Waals surface area contributed by atoms with Crippen molar-refractivity contribution < 1.29 is 4.79 Å². The summed E-state index contributed by atoms with van der Waals surface area (Å²) < 4.78 is 2.09. The molecule has 1 fully saturated rings. The van der Waals surface area contributed by atoms with Gasteiger partial charge in [-0.1, -0.05) is 11.6 Å². The molecule has 1 aliphatic carbocycles. The van der Waals surface area contributed by atoms with Gasteiger partial charge in [0, 0.05) is 42.6 Å². The molecular formula is C21H26N4O. The summed E-state index contributed by atoms with van der Waals surface area (Å²) in [5.41, 5.74) is 10.00. The Bertz CT molecular complexity index is 885. The fourth-order valence-electron chi connectivity index (χ4n) is 3.86. The quantitative estimate of drug-likeness (QED) is 0.920. The van der Waals surface area contributed by atoms with E-state index in [2.05, 4.69) is 21.7 Å². The molecule has 3 heterocycles. The first-order valence-corrected chi connectivity index (χ1v) is 9.56.